The van der Waals surface area contributed by atoms with Gasteiger partial charge in [0.1, 0.15) is 6.29 Å². The molecule has 0 amide bonds. The number of aliphatic imine (C=N–C) groups is 1. The lowest BCUT2D eigenvalue weighted by Crippen LogP contribution is -2.53. The van der Waals surface area contributed by atoms with Gasteiger partial charge in [0.05, 0.1) is 18.2 Å². The number of aldehydes is 1. The largest absolute Gasteiger partial charge is 0.353 e. The van der Waals surface area contributed by atoms with Crippen molar-refractivity contribution in [3.05, 3.63) is 67.0 Å². The molecule has 172 valence electrons. The molecule has 1 aliphatic rings. The lowest BCUT2D eigenvalue weighted by molar-refractivity contribution is -0.104. The van der Waals surface area contributed by atoms with Crippen LogP contribution in [-0.4, -0.2) is 54.6 Å². The molecule has 32 heavy (non-hydrogen) atoms. The Morgan fingerprint density at radius 2 is 2.00 bits per heavy atom. The van der Waals surface area contributed by atoms with Crippen LogP contribution in [0.3, 0.4) is 0 Å². The maximum Gasteiger partial charge on any atom is 0.270 e. The summed E-state index contributed by atoms with van der Waals surface area (Å²) in [5.41, 5.74) is 1.20. The molecular weight excluding hydrogens is 412 g/mol. The molecule has 1 heterocycles. The second-order valence-corrected chi connectivity index (χ2v) is 7.32. The number of hydrogen-bond donors (Lipinski definition) is 1. The van der Waals surface area contributed by atoms with Crippen molar-refractivity contribution in [2.75, 3.05) is 32.0 Å². The molecule has 8 heteroatoms. The first-order valence-electron chi connectivity index (χ1n) is 10.2. The fourth-order valence-corrected chi connectivity index (χ4v) is 3.04. The number of piperazine rings is 1. The summed E-state index contributed by atoms with van der Waals surface area (Å²) in [7, 11) is 2.01. The first kappa shape index (κ1) is 26.7. The zero-order valence-electron chi connectivity index (χ0n) is 18.9. The van der Waals surface area contributed by atoms with Gasteiger partial charge in [-0.15, -0.1) is 0 Å². The van der Waals surface area contributed by atoms with Crippen molar-refractivity contribution in [3.63, 3.8) is 0 Å². The van der Waals surface area contributed by atoms with Gasteiger partial charge in [-0.3, -0.25) is 9.69 Å². The number of likely N-dealkylation sites (N-methyl/N-ethyl adjacent to an activating group) is 1. The maximum atomic E-state index is 13.4. The van der Waals surface area contributed by atoms with Crippen LogP contribution in [0.1, 0.15) is 25.8 Å². The van der Waals surface area contributed by atoms with Crippen molar-refractivity contribution in [1.29, 1.82) is 5.26 Å². The molecule has 1 unspecified atom stereocenters. The van der Waals surface area contributed by atoms with Crippen LogP contribution < -0.4 is 5.32 Å². The predicted molar refractivity (Wildman–Crippen MR) is 126 cm³/mol. The molecule has 1 aliphatic heterocycles. The Morgan fingerprint density at radius 3 is 2.50 bits per heavy atom. The summed E-state index contributed by atoms with van der Waals surface area (Å²) >= 11 is 0. The van der Waals surface area contributed by atoms with E-state index in [-0.39, 0.29) is 11.6 Å². The lowest BCUT2D eigenvalue weighted by Gasteiger charge is -2.40. The Balaban J connectivity index is 0.00000118. The zero-order valence-corrected chi connectivity index (χ0v) is 18.9. The van der Waals surface area contributed by atoms with Crippen LogP contribution in [0, 0.1) is 11.3 Å². The summed E-state index contributed by atoms with van der Waals surface area (Å²) < 4.78 is 26.8. The highest BCUT2D eigenvalue weighted by molar-refractivity contribution is 6.00. The summed E-state index contributed by atoms with van der Waals surface area (Å²) in [5, 5.41) is 12.2. The number of allylic oxidation sites excluding steroid dienone is 2. The van der Waals surface area contributed by atoms with Crippen molar-refractivity contribution >= 4 is 17.8 Å². The molecule has 1 aromatic rings. The van der Waals surface area contributed by atoms with Crippen molar-refractivity contribution in [1.82, 2.24) is 9.80 Å². The zero-order chi connectivity index (χ0) is 24.1. The Bertz CT molecular complexity index is 860. The average Bonchev–Trinajstić information content (AvgIpc) is 2.76. The van der Waals surface area contributed by atoms with E-state index >= 15 is 0 Å². The van der Waals surface area contributed by atoms with Gasteiger partial charge in [-0.2, -0.15) is 5.26 Å². The number of halogens is 2. The molecule has 1 aromatic carbocycles. The number of nitrogens with zero attached hydrogens (tertiary/aromatic N) is 4. The topological polar surface area (TPSA) is 71.7 Å². The highest BCUT2D eigenvalue weighted by Crippen LogP contribution is 2.28. The van der Waals surface area contributed by atoms with Gasteiger partial charge >= 0.3 is 0 Å². The third-order valence-corrected chi connectivity index (χ3v) is 4.80. The number of carbonyl (C=O) groups excluding carboxylic acids is 1. The number of benzene rings is 1. The fourth-order valence-electron chi connectivity index (χ4n) is 3.04. The second kappa shape index (κ2) is 13.2. The Kier molecular flexibility index (Phi) is 11.0. The number of nitriles is 1. The Labute approximate surface area is 189 Å². The summed E-state index contributed by atoms with van der Waals surface area (Å²) in [4.78, 5) is 17.8. The third-order valence-electron chi connectivity index (χ3n) is 4.80. The molecule has 2 rings (SSSR count). The van der Waals surface area contributed by atoms with E-state index in [2.05, 4.69) is 39.3 Å². The molecule has 0 aromatic heterocycles. The number of amidine groups is 1. The van der Waals surface area contributed by atoms with E-state index < -0.39 is 5.92 Å². The molecule has 0 bridgehead atoms. The maximum absolute atomic E-state index is 13.4. The van der Waals surface area contributed by atoms with Gasteiger partial charge in [-0.1, -0.05) is 31.4 Å². The molecule has 0 saturated carbocycles. The summed E-state index contributed by atoms with van der Waals surface area (Å²) in [5.74, 6) is -2.19. The molecule has 1 saturated heterocycles. The number of rotatable bonds is 7. The number of nitrogens with one attached hydrogen (secondary N) is 1. The minimum Gasteiger partial charge on any atom is -0.353 e. The minimum atomic E-state index is -2.87. The third kappa shape index (κ3) is 8.44. The first-order chi connectivity index (χ1) is 15.2. The minimum absolute atomic E-state index is 0.0371. The Hall–Kier alpha value is -3.31. The number of anilines is 1. The van der Waals surface area contributed by atoms with Crippen LogP contribution in [0.2, 0.25) is 0 Å². The fraction of sp³-hybridized carbons (Fsp3) is 0.375. The van der Waals surface area contributed by atoms with Gasteiger partial charge in [0.2, 0.25) is 0 Å². The van der Waals surface area contributed by atoms with Crippen molar-refractivity contribution < 1.29 is 13.6 Å². The standard InChI is InChI=1S/C21H27F2N5.C3H4O/c1-5-12-25-20(28-14-13-27(4)19(15-28)10-11-24)16(2)26-18-8-6-17(7-9-18)21(3,22)23;1-2-3-4/h5-9,12,19,26H,2,10,13-15H2,1,3-4H3;2-3H,1H2/b12-5-,25-20?;. The van der Waals surface area contributed by atoms with Crippen LogP contribution in [0.15, 0.2) is 66.5 Å². The van der Waals surface area contributed by atoms with E-state index in [4.69, 9.17) is 10.1 Å². The normalized spacial score (nSPS) is 17.2. The smallest absolute Gasteiger partial charge is 0.270 e. The van der Waals surface area contributed by atoms with E-state index in [1.54, 1.807) is 18.3 Å². The van der Waals surface area contributed by atoms with Gasteiger partial charge in [-0.25, -0.2) is 13.8 Å². The SMILES string of the molecule is C=C(Nc1ccc(C(C)(F)F)cc1)C(=N/C=C\C)N1CCN(C)C(CC#N)C1.C=CC=O. The Morgan fingerprint density at radius 1 is 1.38 bits per heavy atom. The van der Waals surface area contributed by atoms with E-state index in [1.807, 2.05) is 20.0 Å². The number of hydrogen-bond acceptors (Lipinski definition) is 5. The molecule has 0 spiro atoms. The van der Waals surface area contributed by atoms with Crippen LogP contribution in [0.25, 0.3) is 0 Å². The molecule has 6 nitrogen and oxygen atoms in total. The van der Waals surface area contributed by atoms with Gasteiger partial charge in [-0.05, 0) is 32.2 Å². The van der Waals surface area contributed by atoms with Gasteiger partial charge in [0.25, 0.3) is 5.92 Å². The predicted octanol–water partition coefficient (Wildman–Crippen LogP) is 4.56. The van der Waals surface area contributed by atoms with Crippen LogP contribution in [-0.2, 0) is 10.7 Å². The molecule has 0 aliphatic carbocycles. The van der Waals surface area contributed by atoms with Crippen molar-refractivity contribution in [2.24, 2.45) is 4.99 Å². The van der Waals surface area contributed by atoms with Crippen LogP contribution >= 0.6 is 0 Å². The summed E-state index contributed by atoms with van der Waals surface area (Å²) in [6.45, 7) is 12.2. The highest BCUT2D eigenvalue weighted by Gasteiger charge is 2.27. The van der Waals surface area contributed by atoms with Crippen LogP contribution in [0.5, 0.6) is 0 Å². The van der Waals surface area contributed by atoms with E-state index in [1.165, 1.54) is 18.2 Å². The number of alkyl halides is 2. The monoisotopic (exact) mass is 443 g/mol. The molecule has 1 fully saturated rings. The first-order valence-corrected chi connectivity index (χ1v) is 10.2. The van der Waals surface area contributed by atoms with E-state index in [0.29, 0.717) is 36.5 Å². The summed E-state index contributed by atoms with van der Waals surface area (Å²) in [6.07, 6.45) is 5.80. The van der Waals surface area contributed by atoms with E-state index in [9.17, 15) is 8.78 Å². The van der Waals surface area contributed by atoms with Crippen molar-refractivity contribution in [3.8, 4) is 6.07 Å². The molecule has 1 atom stereocenters. The molecule has 0 radical (unpaired) electrons. The van der Waals surface area contributed by atoms with E-state index in [0.717, 1.165) is 20.0 Å². The van der Waals surface area contributed by atoms with Gasteiger partial charge in [0.15, 0.2) is 5.84 Å². The average molecular weight is 444 g/mol. The molecular formula is C24H31F2N5O. The van der Waals surface area contributed by atoms with Crippen LogP contribution in [0.4, 0.5) is 14.5 Å². The lowest BCUT2D eigenvalue weighted by atomic mass is 10.1. The summed E-state index contributed by atoms with van der Waals surface area (Å²) in [6, 6.07) is 8.36. The quantitative estimate of drug-likeness (QED) is 0.290. The van der Waals surface area contributed by atoms with Gasteiger partial charge < -0.3 is 10.2 Å². The second-order valence-electron chi connectivity index (χ2n) is 7.32. The molecule has 1 N–H and O–H groups in total. The highest BCUT2D eigenvalue weighted by atomic mass is 19.3. The van der Waals surface area contributed by atoms with Crippen molar-refractivity contribution in [2.45, 2.75) is 32.2 Å². The van der Waals surface area contributed by atoms with Gasteiger partial charge in [0, 0.05) is 50.1 Å². The number of carbonyl (C=O) groups is 1.